The molecule has 0 spiro atoms. The number of hydrazone groups is 1. The number of aliphatic hydroxyl groups is 1. The number of allylic oxidation sites excluding steroid dienone is 1. The molecule has 3 saturated carbocycles. The van der Waals surface area contributed by atoms with Crippen molar-refractivity contribution < 1.29 is 9.52 Å². The lowest BCUT2D eigenvalue weighted by Crippen LogP contribution is -2.51. The molecule has 0 bridgehead atoms. The van der Waals surface area contributed by atoms with Crippen molar-refractivity contribution >= 4 is 11.4 Å². The van der Waals surface area contributed by atoms with Crippen molar-refractivity contribution in [1.29, 1.82) is 0 Å². The van der Waals surface area contributed by atoms with E-state index < -0.39 is 0 Å². The summed E-state index contributed by atoms with van der Waals surface area (Å²) in [5.74, 6) is 3.90. The Labute approximate surface area is 221 Å². The number of benzene rings is 1. The number of aryl methyl sites for hydroxylation is 1. The molecule has 0 saturated heterocycles. The molecular formula is C33H42N2O2. The molecule has 1 aromatic carbocycles. The normalized spacial score (nSPS) is 41.0. The van der Waals surface area contributed by atoms with E-state index in [2.05, 4.69) is 62.2 Å². The van der Waals surface area contributed by atoms with Crippen molar-refractivity contribution in [2.24, 2.45) is 39.6 Å². The minimum atomic E-state index is -0.125. The van der Waals surface area contributed by atoms with Crippen molar-refractivity contribution in [1.82, 2.24) is 0 Å². The summed E-state index contributed by atoms with van der Waals surface area (Å²) in [5, 5.41) is 18.0. The number of hydrogen-bond donors (Lipinski definition) is 1. The Kier molecular flexibility index (Phi) is 5.52. The Morgan fingerprint density at radius 3 is 2.59 bits per heavy atom. The summed E-state index contributed by atoms with van der Waals surface area (Å²) in [5.41, 5.74) is 6.02. The highest BCUT2D eigenvalue weighted by Gasteiger charge is 2.60. The van der Waals surface area contributed by atoms with Crippen LogP contribution in [0.25, 0.3) is 0 Å². The van der Waals surface area contributed by atoms with Crippen molar-refractivity contribution in [3.8, 4) is 0 Å². The topological polar surface area (TPSA) is 49.0 Å². The zero-order valence-corrected chi connectivity index (χ0v) is 22.7. The molecule has 1 aliphatic heterocycles. The minimum Gasteiger partial charge on any atom is -0.467 e. The quantitative estimate of drug-likeness (QED) is 0.439. The van der Waals surface area contributed by atoms with Crippen LogP contribution in [0, 0.1) is 41.4 Å². The number of hydrogen-bond acceptors (Lipinski definition) is 4. The van der Waals surface area contributed by atoms with Gasteiger partial charge in [0.2, 0.25) is 0 Å². The van der Waals surface area contributed by atoms with Gasteiger partial charge in [0.25, 0.3) is 0 Å². The molecule has 5 aliphatic rings. The molecule has 4 heteroatoms. The number of furan rings is 1. The molecule has 1 N–H and O–H groups in total. The van der Waals surface area contributed by atoms with Gasteiger partial charge >= 0.3 is 0 Å². The van der Waals surface area contributed by atoms with E-state index in [4.69, 9.17) is 9.52 Å². The van der Waals surface area contributed by atoms with Gasteiger partial charge in [-0.25, -0.2) is 0 Å². The molecule has 37 heavy (non-hydrogen) atoms. The van der Waals surface area contributed by atoms with Gasteiger partial charge in [0, 0.05) is 18.1 Å². The number of fused-ring (bicyclic) bond motifs is 5. The third-order valence-electron chi connectivity index (χ3n) is 11.6. The molecule has 2 heterocycles. The van der Waals surface area contributed by atoms with Gasteiger partial charge in [-0.3, -0.25) is 5.01 Å². The van der Waals surface area contributed by atoms with Crippen LogP contribution in [0.5, 0.6) is 0 Å². The monoisotopic (exact) mass is 498 g/mol. The van der Waals surface area contributed by atoms with Gasteiger partial charge in [-0.1, -0.05) is 43.2 Å². The van der Waals surface area contributed by atoms with Crippen LogP contribution in [0.2, 0.25) is 0 Å². The summed E-state index contributed by atoms with van der Waals surface area (Å²) in [6, 6.07) is 13.0. The average Bonchev–Trinajstić information content (AvgIpc) is 3.63. The van der Waals surface area contributed by atoms with E-state index in [1.807, 2.05) is 6.07 Å². The lowest BCUT2D eigenvalue weighted by molar-refractivity contribution is -0.0424. The number of anilines is 1. The Balaban J connectivity index is 1.19. The van der Waals surface area contributed by atoms with Crippen molar-refractivity contribution in [2.45, 2.75) is 90.7 Å². The highest BCUT2D eigenvalue weighted by molar-refractivity contribution is 5.92. The minimum absolute atomic E-state index is 0.125. The fourth-order valence-electron chi connectivity index (χ4n) is 9.57. The van der Waals surface area contributed by atoms with Gasteiger partial charge < -0.3 is 9.52 Å². The summed E-state index contributed by atoms with van der Waals surface area (Å²) < 4.78 is 5.94. The van der Waals surface area contributed by atoms with E-state index >= 15 is 0 Å². The smallest absolute Gasteiger partial charge is 0.128 e. The van der Waals surface area contributed by atoms with Crippen LogP contribution in [0.4, 0.5) is 5.69 Å². The number of rotatable bonds is 3. The molecular weight excluding hydrogens is 456 g/mol. The van der Waals surface area contributed by atoms with E-state index in [-0.39, 0.29) is 12.1 Å². The maximum Gasteiger partial charge on any atom is 0.128 e. The van der Waals surface area contributed by atoms with Gasteiger partial charge in [-0.15, -0.1) is 0 Å². The van der Waals surface area contributed by atoms with E-state index in [1.54, 1.807) is 11.8 Å². The third kappa shape index (κ3) is 3.61. The fourth-order valence-corrected chi connectivity index (χ4v) is 9.57. The summed E-state index contributed by atoms with van der Waals surface area (Å²) in [6.07, 6.45) is 14.7. The maximum absolute atomic E-state index is 10.3. The van der Waals surface area contributed by atoms with Gasteiger partial charge in [-0.05, 0) is 111 Å². The van der Waals surface area contributed by atoms with Gasteiger partial charge in [0.05, 0.1) is 18.1 Å². The van der Waals surface area contributed by atoms with Crippen LogP contribution in [-0.2, 0) is 0 Å². The first-order valence-corrected chi connectivity index (χ1v) is 14.7. The van der Waals surface area contributed by atoms with Crippen LogP contribution < -0.4 is 5.01 Å². The number of aliphatic hydroxyl groups excluding tert-OH is 1. The first-order chi connectivity index (χ1) is 17.9. The highest BCUT2D eigenvalue weighted by Crippen LogP contribution is 2.66. The van der Waals surface area contributed by atoms with Crippen LogP contribution in [-0.4, -0.2) is 16.9 Å². The van der Waals surface area contributed by atoms with Crippen LogP contribution in [0.15, 0.2) is 63.8 Å². The molecule has 3 fully saturated rings. The standard InChI is InChI=1S/C33H42N2O2/c1-21-6-9-23(10-7-21)35-30(31-5-4-18-37-31)20-29(34-35)28-13-12-26-25-11-8-22-19-24(36)14-16-32(22,2)27(25)15-17-33(26,28)3/h4-10,18,24-28,30,36H,11-17,19-20H2,1-3H3/t24-,25-,26-,27-,28+,30?,32-,33-/m0/s1. The van der Waals surface area contributed by atoms with Gasteiger partial charge in [-0.2, -0.15) is 5.10 Å². The maximum atomic E-state index is 10.3. The third-order valence-corrected chi connectivity index (χ3v) is 11.6. The molecule has 2 aromatic rings. The molecule has 1 aromatic heterocycles. The van der Waals surface area contributed by atoms with Crippen LogP contribution in [0.1, 0.15) is 89.0 Å². The van der Waals surface area contributed by atoms with E-state index in [1.165, 1.54) is 43.4 Å². The summed E-state index contributed by atoms with van der Waals surface area (Å²) >= 11 is 0. The van der Waals surface area contributed by atoms with Crippen LogP contribution in [0.3, 0.4) is 0 Å². The first kappa shape index (κ1) is 23.8. The average molecular weight is 499 g/mol. The van der Waals surface area contributed by atoms with E-state index in [0.29, 0.717) is 16.7 Å². The Morgan fingerprint density at radius 1 is 0.973 bits per heavy atom. The first-order valence-electron chi connectivity index (χ1n) is 14.7. The Hall–Kier alpha value is -2.33. The summed E-state index contributed by atoms with van der Waals surface area (Å²) in [6.45, 7) is 7.28. The molecule has 0 amide bonds. The van der Waals surface area contributed by atoms with E-state index in [0.717, 1.165) is 54.9 Å². The predicted molar refractivity (Wildman–Crippen MR) is 148 cm³/mol. The van der Waals surface area contributed by atoms with Crippen molar-refractivity contribution in [3.05, 3.63) is 65.6 Å². The molecule has 4 aliphatic carbocycles. The Bertz CT molecular complexity index is 1210. The molecule has 7 rings (SSSR count). The lowest BCUT2D eigenvalue weighted by Gasteiger charge is -2.58. The summed E-state index contributed by atoms with van der Waals surface area (Å²) in [4.78, 5) is 0. The van der Waals surface area contributed by atoms with Crippen molar-refractivity contribution in [2.75, 3.05) is 5.01 Å². The van der Waals surface area contributed by atoms with Crippen molar-refractivity contribution in [3.63, 3.8) is 0 Å². The van der Waals surface area contributed by atoms with Crippen LogP contribution >= 0.6 is 0 Å². The molecule has 8 atom stereocenters. The SMILES string of the molecule is Cc1ccc(N2N=C([C@H]3CC[C@H]4[C@@H]5CC=C6C[C@@H](O)CC[C@]6(C)[C@H]5CC[C@]34C)CC2c2ccco2)cc1. The molecule has 196 valence electrons. The van der Waals surface area contributed by atoms with Gasteiger partial charge in [0.1, 0.15) is 11.8 Å². The van der Waals surface area contributed by atoms with E-state index in [9.17, 15) is 5.11 Å². The molecule has 4 nitrogen and oxygen atoms in total. The second-order valence-electron chi connectivity index (χ2n) is 13.3. The molecule has 1 unspecified atom stereocenters. The zero-order chi connectivity index (χ0) is 25.4. The predicted octanol–water partition coefficient (Wildman–Crippen LogP) is 7.84. The second kappa shape index (κ2) is 8.59. The number of nitrogens with zero attached hydrogens (tertiary/aromatic N) is 2. The summed E-state index contributed by atoms with van der Waals surface area (Å²) in [7, 11) is 0. The highest BCUT2D eigenvalue weighted by atomic mass is 16.3. The fraction of sp³-hybridized carbons (Fsp3) is 0.606. The largest absolute Gasteiger partial charge is 0.467 e. The second-order valence-corrected chi connectivity index (χ2v) is 13.3. The Morgan fingerprint density at radius 2 is 1.81 bits per heavy atom. The molecule has 0 radical (unpaired) electrons. The lowest BCUT2D eigenvalue weighted by atomic mass is 9.47. The van der Waals surface area contributed by atoms with Gasteiger partial charge in [0.15, 0.2) is 0 Å². The zero-order valence-electron chi connectivity index (χ0n) is 22.7.